The van der Waals surface area contributed by atoms with Gasteiger partial charge in [0, 0.05) is 22.3 Å². The Bertz CT molecular complexity index is 1310. The van der Waals surface area contributed by atoms with Gasteiger partial charge in [0.1, 0.15) is 29.9 Å². The minimum atomic E-state index is -1.16. The number of thioether (sulfide) groups is 1. The Labute approximate surface area is 214 Å². The minimum absolute atomic E-state index is 0.0148. The van der Waals surface area contributed by atoms with Crippen molar-refractivity contribution in [3.8, 4) is 0 Å². The number of aliphatic carboxylic acids is 1. The van der Waals surface area contributed by atoms with E-state index in [1.165, 1.54) is 35.0 Å². The van der Waals surface area contributed by atoms with Crippen molar-refractivity contribution >= 4 is 51.7 Å². The zero-order chi connectivity index (χ0) is 25.6. The van der Waals surface area contributed by atoms with Crippen LogP contribution < -0.4 is 15.7 Å². The number of oxime groups is 1. The highest BCUT2D eigenvalue weighted by Gasteiger charge is 2.55. The second kappa shape index (κ2) is 9.58. The summed E-state index contributed by atoms with van der Waals surface area (Å²) in [5.74, 6) is -1.88. The van der Waals surface area contributed by atoms with Gasteiger partial charge in [-0.05, 0) is 25.7 Å². The number of fused-ring (bicyclic) bond motifs is 2. The normalized spacial score (nSPS) is 21.6. The maximum absolute atomic E-state index is 13.1. The molecule has 4 N–H and O–H groups in total. The van der Waals surface area contributed by atoms with Crippen molar-refractivity contribution in [3.05, 3.63) is 39.8 Å². The number of hydrogen-bond donors (Lipinski definition) is 3. The maximum Gasteiger partial charge on any atom is 0.352 e. The highest BCUT2D eigenvalue weighted by Crippen LogP contribution is 2.40. The van der Waals surface area contributed by atoms with Crippen molar-refractivity contribution in [1.29, 1.82) is 0 Å². The fourth-order valence-corrected chi connectivity index (χ4v) is 6.78. The smallest absolute Gasteiger partial charge is 0.352 e. The first-order valence-electron chi connectivity index (χ1n) is 11.4. The largest absolute Gasteiger partial charge is 0.477 e. The van der Waals surface area contributed by atoms with E-state index >= 15 is 0 Å². The molecule has 5 rings (SSSR count). The second-order valence-electron chi connectivity index (χ2n) is 8.74. The van der Waals surface area contributed by atoms with Crippen LogP contribution in [0.25, 0.3) is 0 Å². The van der Waals surface area contributed by atoms with E-state index < -0.39 is 29.2 Å². The minimum Gasteiger partial charge on any atom is -0.477 e. The SMILES string of the molecule is CON=C(C(=O)NC1C(=O)N2C(C(=O)O)=C(C[n+]3cc4c(n3C)CCCC4)CS[C@H]12)c1csc(N)n1. The standard InChI is InChI=1S/C22H25N7O5S2/c1-27-14-6-4-3-5-11(14)7-28(27)8-12-9-35-20-16(19(31)29(20)17(12)21(32)33)25-18(30)15(26-34-2)13-10-36-22(23)24-13/h7,10,16,20H,3-6,8-9H2,1-2H3,(H3-,23,24,25,30,32,33)/p+1/t16?,20-/m1/s1. The van der Waals surface area contributed by atoms with Crippen molar-refractivity contribution in [1.82, 2.24) is 19.9 Å². The summed E-state index contributed by atoms with van der Waals surface area (Å²) in [7, 11) is 3.28. The Morgan fingerprint density at radius 2 is 2.17 bits per heavy atom. The van der Waals surface area contributed by atoms with Crippen molar-refractivity contribution in [2.75, 3.05) is 18.6 Å². The average molecular weight is 533 g/mol. The number of aromatic nitrogens is 3. The van der Waals surface area contributed by atoms with Gasteiger partial charge in [0.15, 0.2) is 23.6 Å². The number of nitrogen functional groups attached to an aromatic ring is 1. The lowest BCUT2D eigenvalue weighted by atomic mass is 9.98. The molecule has 0 spiro atoms. The van der Waals surface area contributed by atoms with E-state index in [4.69, 9.17) is 10.6 Å². The van der Waals surface area contributed by atoms with Crippen LogP contribution in [0.3, 0.4) is 0 Å². The van der Waals surface area contributed by atoms with Crippen LogP contribution in [0, 0.1) is 0 Å². The number of carboxylic acids is 1. The lowest BCUT2D eigenvalue weighted by Gasteiger charge is -2.49. The van der Waals surface area contributed by atoms with Crippen molar-refractivity contribution in [2.24, 2.45) is 12.2 Å². The van der Waals surface area contributed by atoms with Gasteiger partial charge in [0.05, 0.1) is 12.7 Å². The summed E-state index contributed by atoms with van der Waals surface area (Å²) in [5, 5.41) is 17.7. The third-order valence-corrected chi connectivity index (χ3v) is 8.63. The van der Waals surface area contributed by atoms with E-state index in [9.17, 15) is 19.5 Å². The van der Waals surface area contributed by atoms with Crippen LogP contribution in [-0.2, 0) is 45.7 Å². The van der Waals surface area contributed by atoms with Crippen LogP contribution in [0.2, 0.25) is 0 Å². The van der Waals surface area contributed by atoms with Gasteiger partial charge in [0.2, 0.25) is 0 Å². The summed E-state index contributed by atoms with van der Waals surface area (Å²) < 4.78 is 4.10. The predicted molar refractivity (Wildman–Crippen MR) is 132 cm³/mol. The Kier molecular flexibility index (Phi) is 6.47. The summed E-state index contributed by atoms with van der Waals surface area (Å²) in [6.07, 6.45) is 6.41. The fourth-order valence-electron chi connectivity index (χ4n) is 4.90. The van der Waals surface area contributed by atoms with Gasteiger partial charge < -0.3 is 21.0 Å². The number of hydrogen-bond acceptors (Lipinski definition) is 9. The number of nitrogens with two attached hydrogens (primary N) is 1. The van der Waals surface area contributed by atoms with Crippen molar-refractivity contribution in [2.45, 2.75) is 43.6 Å². The van der Waals surface area contributed by atoms with E-state index in [1.54, 1.807) is 5.38 Å². The molecule has 36 heavy (non-hydrogen) atoms. The van der Waals surface area contributed by atoms with Gasteiger partial charge in [0.25, 0.3) is 11.8 Å². The molecule has 14 heteroatoms. The van der Waals surface area contributed by atoms with Crippen molar-refractivity contribution < 1.29 is 29.0 Å². The summed E-state index contributed by atoms with van der Waals surface area (Å²) in [4.78, 5) is 48.3. The molecular formula is C22H26N7O5S2+. The Morgan fingerprint density at radius 3 is 2.83 bits per heavy atom. The molecule has 1 fully saturated rings. The van der Waals surface area contributed by atoms with E-state index in [0.29, 0.717) is 17.9 Å². The molecule has 0 saturated carbocycles. The third-order valence-electron chi connectivity index (χ3n) is 6.61. The highest BCUT2D eigenvalue weighted by atomic mass is 32.2. The molecule has 0 bridgehead atoms. The highest BCUT2D eigenvalue weighted by molar-refractivity contribution is 8.00. The van der Waals surface area contributed by atoms with E-state index in [0.717, 1.165) is 37.0 Å². The summed E-state index contributed by atoms with van der Waals surface area (Å²) >= 11 is 2.57. The first-order valence-corrected chi connectivity index (χ1v) is 13.3. The number of carbonyl (C=O) groups excluding carboxylic acids is 2. The quantitative estimate of drug-likeness (QED) is 0.195. The lowest BCUT2D eigenvalue weighted by Crippen LogP contribution is -2.71. The molecule has 0 radical (unpaired) electrons. The molecule has 4 heterocycles. The number of nitrogens with one attached hydrogen (secondary N) is 1. The predicted octanol–water partition coefficient (Wildman–Crippen LogP) is 0.0194. The van der Waals surface area contributed by atoms with Crippen LogP contribution >= 0.6 is 23.1 Å². The number of nitrogens with zero attached hydrogens (tertiary/aromatic N) is 5. The number of anilines is 1. The number of carboxylic acid groups (broad SMARTS) is 1. The molecule has 1 unspecified atom stereocenters. The maximum atomic E-state index is 13.1. The van der Waals surface area contributed by atoms with Crippen LogP contribution in [-0.4, -0.2) is 67.4 Å². The van der Waals surface area contributed by atoms with E-state index in [1.807, 2.05) is 11.7 Å². The van der Waals surface area contributed by atoms with Crippen LogP contribution in [0.1, 0.15) is 29.8 Å². The zero-order valence-electron chi connectivity index (χ0n) is 19.8. The summed E-state index contributed by atoms with van der Waals surface area (Å²) in [6.45, 7) is 0.377. The number of rotatable bonds is 7. The van der Waals surface area contributed by atoms with Gasteiger partial charge in [-0.3, -0.25) is 14.5 Å². The number of β-lactam (4-membered cyclic amide) rings is 1. The number of amides is 2. The molecular weight excluding hydrogens is 506 g/mol. The second-order valence-corrected chi connectivity index (χ2v) is 10.7. The third kappa shape index (κ3) is 4.13. The van der Waals surface area contributed by atoms with Crippen LogP contribution in [0.5, 0.6) is 0 Å². The van der Waals surface area contributed by atoms with Crippen LogP contribution in [0.15, 0.2) is 28.0 Å². The Balaban J connectivity index is 1.36. The molecule has 2 aromatic rings. The molecule has 190 valence electrons. The molecule has 0 aromatic carbocycles. The first kappa shape index (κ1) is 24.3. The van der Waals surface area contributed by atoms with Gasteiger partial charge in [-0.25, -0.2) is 9.78 Å². The van der Waals surface area contributed by atoms with Crippen molar-refractivity contribution in [3.63, 3.8) is 0 Å². The van der Waals surface area contributed by atoms with E-state index in [2.05, 4.69) is 26.3 Å². The van der Waals surface area contributed by atoms with Gasteiger partial charge in [-0.2, -0.15) is 4.68 Å². The lowest BCUT2D eigenvalue weighted by molar-refractivity contribution is -0.767. The van der Waals surface area contributed by atoms with Gasteiger partial charge >= 0.3 is 5.97 Å². The summed E-state index contributed by atoms with van der Waals surface area (Å²) in [6, 6.07) is -0.897. The average Bonchev–Trinajstić information content (AvgIpc) is 3.43. The zero-order valence-corrected chi connectivity index (χ0v) is 21.4. The van der Waals surface area contributed by atoms with Gasteiger partial charge in [-0.1, -0.05) is 5.16 Å². The number of carbonyl (C=O) groups is 3. The monoisotopic (exact) mass is 532 g/mol. The van der Waals surface area contributed by atoms with Crippen LogP contribution in [0.4, 0.5) is 5.13 Å². The molecule has 1 aliphatic carbocycles. The topological polar surface area (TPSA) is 156 Å². The Morgan fingerprint density at radius 1 is 1.39 bits per heavy atom. The molecule has 3 aliphatic rings. The number of aryl methyl sites for hydroxylation is 1. The number of thiazole rings is 1. The molecule has 2 atom stereocenters. The molecule has 2 amide bonds. The first-order chi connectivity index (χ1) is 17.3. The fraction of sp³-hybridized carbons (Fsp3) is 0.455. The Hall–Kier alpha value is -3.39. The summed E-state index contributed by atoms with van der Waals surface area (Å²) in [5.41, 5.74) is 8.99. The molecule has 12 nitrogen and oxygen atoms in total. The molecule has 1 saturated heterocycles. The van der Waals surface area contributed by atoms with Gasteiger partial charge in [-0.15, -0.1) is 27.8 Å². The van der Waals surface area contributed by atoms with E-state index in [-0.39, 0.29) is 22.2 Å². The molecule has 2 aromatic heterocycles. The molecule has 2 aliphatic heterocycles.